The first-order valence-electron chi connectivity index (χ1n) is 6.70. The molecule has 0 spiro atoms. The van der Waals surface area contributed by atoms with Gasteiger partial charge in [0.2, 0.25) is 5.91 Å². The number of nitrogens with one attached hydrogen (secondary N) is 1. The summed E-state index contributed by atoms with van der Waals surface area (Å²) in [5.74, 6) is 0.600. The first-order chi connectivity index (χ1) is 11.2. The number of nitrogens with zero attached hydrogens (tertiary/aromatic N) is 2. The molecule has 2 aromatic heterocycles. The third kappa shape index (κ3) is 4.75. The summed E-state index contributed by atoms with van der Waals surface area (Å²) in [4.78, 5) is 20.3. The molecule has 1 aromatic carbocycles. The number of rotatable bonds is 6. The van der Waals surface area contributed by atoms with Gasteiger partial charge in [-0.05, 0) is 24.3 Å². The summed E-state index contributed by atoms with van der Waals surface area (Å²) in [6.45, 7) is 0.362. The highest BCUT2D eigenvalue weighted by Crippen LogP contribution is 2.18. The van der Waals surface area contributed by atoms with Crippen LogP contribution in [0.4, 0.5) is 5.13 Å². The minimum absolute atomic E-state index is 0.129. The van der Waals surface area contributed by atoms with Gasteiger partial charge in [0.1, 0.15) is 17.4 Å². The molecular formula is C15H12ClN3O2S2. The number of halogens is 1. The summed E-state index contributed by atoms with van der Waals surface area (Å²) in [6, 6.07) is 7.15. The fourth-order valence-corrected chi connectivity index (χ4v) is 3.16. The zero-order valence-corrected chi connectivity index (χ0v) is 14.2. The predicted molar refractivity (Wildman–Crippen MR) is 92.3 cm³/mol. The lowest BCUT2D eigenvalue weighted by atomic mass is 10.3. The Hall–Kier alpha value is -1.96. The molecule has 5 nitrogen and oxygen atoms in total. The van der Waals surface area contributed by atoms with Crippen LogP contribution in [0, 0.1) is 0 Å². The van der Waals surface area contributed by atoms with E-state index in [1.54, 1.807) is 30.5 Å². The van der Waals surface area contributed by atoms with Gasteiger partial charge in [-0.15, -0.1) is 22.7 Å². The van der Waals surface area contributed by atoms with Gasteiger partial charge in [0.25, 0.3) is 0 Å². The van der Waals surface area contributed by atoms with Gasteiger partial charge in [-0.2, -0.15) is 0 Å². The number of ether oxygens (including phenoxy) is 1. The first kappa shape index (κ1) is 15.9. The van der Waals surface area contributed by atoms with Gasteiger partial charge in [-0.3, -0.25) is 4.79 Å². The predicted octanol–water partition coefficient (Wildman–Crippen LogP) is 4.01. The average molecular weight is 366 g/mol. The molecule has 3 rings (SSSR count). The Kier molecular flexibility index (Phi) is 5.22. The third-order valence-corrected chi connectivity index (χ3v) is 4.61. The molecule has 0 aliphatic rings. The molecule has 8 heteroatoms. The van der Waals surface area contributed by atoms with E-state index in [9.17, 15) is 4.79 Å². The lowest BCUT2D eigenvalue weighted by Gasteiger charge is -2.03. The van der Waals surface area contributed by atoms with E-state index in [2.05, 4.69) is 15.3 Å². The van der Waals surface area contributed by atoms with Gasteiger partial charge in [-0.25, -0.2) is 9.97 Å². The second-order valence-corrected chi connectivity index (χ2v) is 6.81. The molecule has 0 fully saturated rings. The van der Waals surface area contributed by atoms with Crippen molar-refractivity contribution in [1.29, 1.82) is 0 Å². The topological polar surface area (TPSA) is 64.1 Å². The highest BCUT2D eigenvalue weighted by molar-refractivity contribution is 7.13. The van der Waals surface area contributed by atoms with E-state index in [0.717, 1.165) is 16.5 Å². The number of carbonyl (C=O) groups excluding carboxylic acids is 1. The summed E-state index contributed by atoms with van der Waals surface area (Å²) in [7, 11) is 0. The SMILES string of the molecule is O=C(Cc1csc(COc2ccc(Cl)cc2)n1)Nc1nccs1. The van der Waals surface area contributed by atoms with Gasteiger partial charge in [0.15, 0.2) is 5.13 Å². The lowest BCUT2D eigenvalue weighted by molar-refractivity contribution is -0.115. The minimum Gasteiger partial charge on any atom is -0.486 e. The number of hydrogen-bond acceptors (Lipinski definition) is 6. The second kappa shape index (κ2) is 7.54. The van der Waals surface area contributed by atoms with Crippen LogP contribution in [0.1, 0.15) is 10.7 Å². The number of anilines is 1. The largest absolute Gasteiger partial charge is 0.486 e. The maximum absolute atomic E-state index is 11.9. The summed E-state index contributed by atoms with van der Waals surface area (Å²) < 4.78 is 5.63. The van der Waals surface area contributed by atoms with Gasteiger partial charge >= 0.3 is 0 Å². The highest BCUT2D eigenvalue weighted by Gasteiger charge is 2.09. The van der Waals surface area contributed by atoms with Crippen LogP contribution in [0.3, 0.4) is 0 Å². The molecule has 0 aliphatic heterocycles. The zero-order chi connectivity index (χ0) is 16.1. The van der Waals surface area contributed by atoms with E-state index < -0.39 is 0 Å². The van der Waals surface area contributed by atoms with E-state index in [-0.39, 0.29) is 12.3 Å². The standard InChI is InChI=1S/C15H12ClN3O2S2/c16-10-1-3-12(4-2-10)21-8-14-18-11(9-23-14)7-13(20)19-15-17-5-6-22-15/h1-6,9H,7-8H2,(H,17,19,20). The summed E-state index contributed by atoms with van der Waals surface area (Å²) in [6.07, 6.45) is 1.87. The molecule has 0 saturated heterocycles. The quantitative estimate of drug-likeness (QED) is 0.716. The van der Waals surface area contributed by atoms with E-state index in [0.29, 0.717) is 16.8 Å². The van der Waals surface area contributed by atoms with E-state index in [1.165, 1.54) is 22.7 Å². The molecule has 1 N–H and O–H groups in total. The molecular weight excluding hydrogens is 354 g/mol. The van der Waals surface area contributed by atoms with Gasteiger partial charge in [0.05, 0.1) is 12.1 Å². The molecule has 3 aromatic rings. The molecule has 0 saturated carbocycles. The molecule has 0 bridgehead atoms. The number of hydrogen-bond donors (Lipinski definition) is 1. The van der Waals surface area contributed by atoms with E-state index in [1.807, 2.05) is 10.8 Å². The molecule has 0 atom stereocenters. The Morgan fingerprint density at radius 2 is 2.09 bits per heavy atom. The van der Waals surface area contributed by atoms with Crippen molar-refractivity contribution >= 4 is 45.3 Å². The van der Waals surface area contributed by atoms with Gasteiger partial charge in [0, 0.05) is 22.0 Å². The van der Waals surface area contributed by atoms with Crippen molar-refractivity contribution in [2.45, 2.75) is 13.0 Å². The van der Waals surface area contributed by atoms with Crippen molar-refractivity contribution < 1.29 is 9.53 Å². The third-order valence-electron chi connectivity index (χ3n) is 2.80. The van der Waals surface area contributed by atoms with Crippen molar-refractivity contribution in [3.8, 4) is 5.75 Å². The number of amides is 1. The van der Waals surface area contributed by atoms with Crippen LogP contribution in [0.2, 0.25) is 5.02 Å². The Morgan fingerprint density at radius 3 is 2.83 bits per heavy atom. The Labute approximate surface area is 145 Å². The van der Waals surface area contributed by atoms with Gasteiger partial charge < -0.3 is 10.1 Å². The van der Waals surface area contributed by atoms with Crippen molar-refractivity contribution in [2.24, 2.45) is 0 Å². The van der Waals surface area contributed by atoms with E-state index in [4.69, 9.17) is 16.3 Å². The molecule has 0 aliphatic carbocycles. The summed E-state index contributed by atoms with van der Waals surface area (Å²) in [5, 5.41) is 8.48. The smallest absolute Gasteiger partial charge is 0.232 e. The van der Waals surface area contributed by atoms with E-state index >= 15 is 0 Å². The molecule has 23 heavy (non-hydrogen) atoms. The van der Waals surface area contributed by atoms with Crippen molar-refractivity contribution in [1.82, 2.24) is 9.97 Å². The molecule has 1 amide bonds. The fraction of sp³-hybridized carbons (Fsp3) is 0.133. The maximum Gasteiger partial charge on any atom is 0.232 e. The molecule has 0 unspecified atom stereocenters. The van der Waals surface area contributed by atoms with Crippen LogP contribution in [0.15, 0.2) is 41.2 Å². The van der Waals surface area contributed by atoms with Crippen LogP contribution in [-0.4, -0.2) is 15.9 Å². The summed E-state index contributed by atoms with van der Waals surface area (Å²) >= 11 is 8.67. The number of aromatic nitrogens is 2. The Balaban J connectivity index is 1.51. The first-order valence-corrected chi connectivity index (χ1v) is 8.84. The van der Waals surface area contributed by atoms with Crippen molar-refractivity contribution in [3.63, 3.8) is 0 Å². The second-order valence-electron chi connectivity index (χ2n) is 4.54. The summed E-state index contributed by atoms with van der Waals surface area (Å²) in [5.41, 5.74) is 0.721. The molecule has 2 heterocycles. The van der Waals surface area contributed by atoms with Crippen LogP contribution < -0.4 is 10.1 Å². The van der Waals surface area contributed by atoms with Crippen LogP contribution in [0.25, 0.3) is 0 Å². The molecule has 118 valence electrons. The average Bonchev–Trinajstić information content (AvgIpc) is 3.19. The van der Waals surface area contributed by atoms with Crippen molar-refractivity contribution in [2.75, 3.05) is 5.32 Å². The monoisotopic (exact) mass is 365 g/mol. The van der Waals surface area contributed by atoms with Crippen LogP contribution in [-0.2, 0) is 17.8 Å². The van der Waals surface area contributed by atoms with Crippen LogP contribution in [0.5, 0.6) is 5.75 Å². The normalized spacial score (nSPS) is 10.5. The number of carbonyl (C=O) groups is 1. The lowest BCUT2D eigenvalue weighted by Crippen LogP contribution is -2.14. The molecule has 0 radical (unpaired) electrons. The Bertz CT molecular complexity index is 772. The number of benzene rings is 1. The fourth-order valence-electron chi connectivity index (χ4n) is 1.79. The van der Waals surface area contributed by atoms with Crippen molar-refractivity contribution in [3.05, 3.63) is 56.9 Å². The Morgan fingerprint density at radius 1 is 1.26 bits per heavy atom. The maximum atomic E-state index is 11.9. The highest BCUT2D eigenvalue weighted by atomic mass is 35.5. The van der Waals surface area contributed by atoms with Gasteiger partial charge in [-0.1, -0.05) is 11.6 Å². The minimum atomic E-state index is -0.129. The zero-order valence-electron chi connectivity index (χ0n) is 11.9. The van der Waals surface area contributed by atoms with Crippen LogP contribution >= 0.6 is 34.3 Å². The number of thiazole rings is 2.